The van der Waals surface area contributed by atoms with Gasteiger partial charge in [0.2, 0.25) is 5.91 Å². The molecule has 0 aliphatic carbocycles. The Morgan fingerprint density at radius 3 is 3.04 bits per heavy atom. The summed E-state index contributed by atoms with van der Waals surface area (Å²) >= 11 is 0. The number of para-hydroxylation sites is 1. The molecule has 0 spiro atoms. The molecule has 2 atom stereocenters. The molecule has 152 valence electrons. The first-order valence-corrected chi connectivity index (χ1v) is 10.9. The molecule has 1 amide bonds. The number of piperidine rings is 1. The number of hydrogen-bond donors (Lipinski definition) is 3. The highest BCUT2D eigenvalue weighted by Gasteiger charge is 2.47. The monoisotopic (exact) mass is 383 g/mol. The SMILES string of the molecule is CC[C@]1(CCC(=O)NCCCO)CCCN2CCc3c([nH]c4ccccc34)[C@@H]21. The predicted molar refractivity (Wildman–Crippen MR) is 112 cm³/mol. The van der Waals surface area contributed by atoms with Gasteiger partial charge in [0.25, 0.3) is 0 Å². The highest BCUT2D eigenvalue weighted by molar-refractivity contribution is 5.85. The van der Waals surface area contributed by atoms with E-state index in [-0.39, 0.29) is 17.9 Å². The fourth-order valence-corrected chi connectivity index (χ4v) is 5.56. The highest BCUT2D eigenvalue weighted by Crippen LogP contribution is 2.53. The Morgan fingerprint density at radius 2 is 2.21 bits per heavy atom. The highest BCUT2D eigenvalue weighted by atomic mass is 16.3. The molecule has 5 heteroatoms. The number of aliphatic hydroxyl groups excluding tert-OH is 1. The number of benzene rings is 1. The van der Waals surface area contributed by atoms with Crippen molar-refractivity contribution >= 4 is 16.8 Å². The quantitative estimate of drug-likeness (QED) is 0.641. The lowest BCUT2D eigenvalue weighted by molar-refractivity contribution is -0.122. The van der Waals surface area contributed by atoms with E-state index in [0.717, 1.165) is 32.4 Å². The van der Waals surface area contributed by atoms with Crippen LogP contribution < -0.4 is 5.32 Å². The lowest BCUT2D eigenvalue weighted by Crippen LogP contribution is -2.49. The van der Waals surface area contributed by atoms with Crippen LogP contribution in [0.5, 0.6) is 0 Å². The van der Waals surface area contributed by atoms with Crippen LogP contribution in [0.3, 0.4) is 0 Å². The van der Waals surface area contributed by atoms with Gasteiger partial charge < -0.3 is 15.4 Å². The van der Waals surface area contributed by atoms with E-state index < -0.39 is 0 Å². The number of rotatable bonds is 7. The first kappa shape index (κ1) is 19.5. The molecule has 1 saturated heterocycles. The fourth-order valence-electron chi connectivity index (χ4n) is 5.56. The molecule has 2 aliphatic heterocycles. The Labute approximate surface area is 167 Å². The number of aromatic amines is 1. The van der Waals surface area contributed by atoms with Gasteiger partial charge >= 0.3 is 0 Å². The number of H-pyrrole nitrogens is 1. The normalized spacial score (nSPS) is 24.7. The van der Waals surface area contributed by atoms with Crippen molar-refractivity contribution in [3.8, 4) is 0 Å². The summed E-state index contributed by atoms with van der Waals surface area (Å²) in [4.78, 5) is 18.8. The number of aliphatic hydroxyl groups is 1. The number of fused-ring (bicyclic) bond motifs is 5. The van der Waals surface area contributed by atoms with Crippen LogP contribution in [0.25, 0.3) is 10.9 Å². The third-order valence-electron chi connectivity index (χ3n) is 7.05. The van der Waals surface area contributed by atoms with E-state index in [2.05, 4.69) is 46.4 Å². The molecule has 0 bridgehead atoms. The van der Waals surface area contributed by atoms with Gasteiger partial charge in [-0.15, -0.1) is 0 Å². The number of hydrogen-bond acceptors (Lipinski definition) is 3. The van der Waals surface area contributed by atoms with Crippen LogP contribution in [-0.2, 0) is 11.2 Å². The van der Waals surface area contributed by atoms with Crippen molar-refractivity contribution in [2.24, 2.45) is 5.41 Å². The lowest BCUT2D eigenvalue weighted by Gasteiger charge is -2.52. The van der Waals surface area contributed by atoms with Gasteiger partial charge in [-0.05, 0) is 62.1 Å². The molecule has 2 aromatic rings. The zero-order chi connectivity index (χ0) is 19.6. The smallest absolute Gasteiger partial charge is 0.220 e. The summed E-state index contributed by atoms with van der Waals surface area (Å²) in [5, 5.41) is 13.2. The molecular formula is C23H33N3O2. The molecule has 2 aliphatic rings. The van der Waals surface area contributed by atoms with Gasteiger partial charge in [0.05, 0.1) is 6.04 Å². The molecule has 1 aromatic heterocycles. The molecule has 1 aromatic carbocycles. The van der Waals surface area contributed by atoms with Gasteiger partial charge in [-0.3, -0.25) is 9.69 Å². The van der Waals surface area contributed by atoms with E-state index in [9.17, 15) is 4.79 Å². The minimum atomic E-state index is 0.117. The molecule has 1 fully saturated rings. The Balaban J connectivity index is 1.61. The summed E-state index contributed by atoms with van der Waals surface area (Å²) in [5.74, 6) is 0.117. The predicted octanol–water partition coefficient (Wildman–Crippen LogP) is 3.54. The Kier molecular flexibility index (Phi) is 5.74. The summed E-state index contributed by atoms with van der Waals surface area (Å²) in [7, 11) is 0. The van der Waals surface area contributed by atoms with Crippen LogP contribution in [0, 0.1) is 5.41 Å². The van der Waals surface area contributed by atoms with Crippen molar-refractivity contribution in [1.82, 2.24) is 15.2 Å². The maximum absolute atomic E-state index is 12.4. The lowest BCUT2D eigenvalue weighted by atomic mass is 9.65. The number of nitrogens with zero attached hydrogens (tertiary/aromatic N) is 1. The molecule has 5 nitrogen and oxygen atoms in total. The number of nitrogens with one attached hydrogen (secondary N) is 2. The molecule has 0 radical (unpaired) electrons. The van der Waals surface area contributed by atoms with Crippen LogP contribution in [0.2, 0.25) is 0 Å². The molecular weight excluding hydrogens is 350 g/mol. The zero-order valence-electron chi connectivity index (χ0n) is 17.0. The van der Waals surface area contributed by atoms with E-state index in [0.29, 0.717) is 25.4 Å². The largest absolute Gasteiger partial charge is 0.396 e. The minimum absolute atomic E-state index is 0.117. The van der Waals surface area contributed by atoms with E-state index in [1.165, 1.54) is 35.0 Å². The van der Waals surface area contributed by atoms with Gasteiger partial charge in [-0.2, -0.15) is 0 Å². The number of carbonyl (C=O) groups excluding carboxylic acids is 1. The molecule has 0 unspecified atom stereocenters. The zero-order valence-corrected chi connectivity index (χ0v) is 17.0. The van der Waals surface area contributed by atoms with Crippen LogP contribution in [0.1, 0.15) is 62.7 Å². The molecule has 4 rings (SSSR count). The fraction of sp³-hybridized carbons (Fsp3) is 0.609. The van der Waals surface area contributed by atoms with Crippen molar-refractivity contribution in [3.63, 3.8) is 0 Å². The molecule has 3 N–H and O–H groups in total. The minimum Gasteiger partial charge on any atom is -0.396 e. The van der Waals surface area contributed by atoms with Crippen molar-refractivity contribution in [1.29, 1.82) is 0 Å². The molecule has 28 heavy (non-hydrogen) atoms. The third kappa shape index (κ3) is 3.46. The van der Waals surface area contributed by atoms with Gasteiger partial charge in [-0.25, -0.2) is 0 Å². The van der Waals surface area contributed by atoms with Crippen LogP contribution in [-0.4, -0.2) is 47.1 Å². The van der Waals surface area contributed by atoms with E-state index in [1.807, 2.05) is 0 Å². The summed E-state index contributed by atoms with van der Waals surface area (Å²) < 4.78 is 0. The maximum atomic E-state index is 12.4. The summed E-state index contributed by atoms with van der Waals surface area (Å²) in [6, 6.07) is 9.04. The topological polar surface area (TPSA) is 68.4 Å². The third-order valence-corrected chi connectivity index (χ3v) is 7.05. The Bertz CT molecular complexity index is 830. The van der Waals surface area contributed by atoms with E-state index >= 15 is 0 Å². The number of aromatic nitrogens is 1. The average Bonchev–Trinajstić information content (AvgIpc) is 3.11. The molecule has 3 heterocycles. The van der Waals surface area contributed by atoms with Crippen LogP contribution in [0.15, 0.2) is 24.3 Å². The number of carbonyl (C=O) groups is 1. The van der Waals surface area contributed by atoms with Gasteiger partial charge in [0.1, 0.15) is 0 Å². The maximum Gasteiger partial charge on any atom is 0.220 e. The van der Waals surface area contributed by atoms with Gasteiger partial charge in [0, 0.05) is 42.7 Å². The second-order valence-electron chi connectivity index (χ2n) is 8.50. The molecule has 0 saturated carbocycles. The Morgan fingerprint density at radius 1 is 1.36 bits per heavy atom. The summed E-state index contributed by atoms with van der Waals surface area (Å²) in [5.41, 5.74) is 4.27. The second kappa shape index (κ2) is 8.26. The van der Waals surface area contributed by atoms with E-state index in [1.54, 1.807) is 0 Å². The Hall–Kier alpha value is -1.85. The average molecular weight is 384 g/mol. The van der Waals surface area contributed by atoms with Crippen LogP contribution >= 0.6 is 0 Å². The summed E-state index contributed by atoms with van der Waals surface area (Å²) in [6.45, 7) is 5.26. The van der Waals surface area contributed by atoms with Gasteiger partial charge in [0.15, 0.2) is 0 Å². The second-order valence-corrected chi connectivity index (χ2v) is 8.50. The summed E-state index contributed by atoms with van der Waals surface area (Å²) in [6.07, 6.45) is 6.71. The van der Waals surface area contributed by atoms with Crippen molar-refractivity contribution < 1.29 is 9.90 Å². The van der Waals surface area contributed by atoms with Gasteiger partial charge in [-0.1, -0.05) is 25.1 Å². The first-order valence-electron chi connectivity index (χ1n) is 10.9. The van der Waals surface area contributed by atoms with Crippen molar-refractivity contribution in [2.75, 3.05) is 26.2 Å². The standard InChI is InChI=1S/C23H33N3O2/c1-2-23(12-9-20(28)24-13-6-16-27)11-5-14-26-15-10-18-17-7-3-4-8-19(17)25-21(18)22(23)26/h3-4,7-8,22,25,27H,2,5-6,9-16H2,1H3,(H,24,28)/t22-,23-/m1/s1. The number of amides is 1. The first-order chi connectivity index (χ1) is 13.7. The van der Waals surface area contributed by atoms with Crippen molar-refractivity contribution in [3.05, 3.63) is 35.5 Å². The van der Waals surface area contributed by atoms with E-state index in [4.69, 9.17) is 5.11 Å². The van der Waals surface area contributed by atoms with Crippen LogP contribution in [0.4, 0.5) is 0 Å². The van der Waals surface area contributed by atoms with Crippen molar-refractivity contribution in [2.45, 2.75) is 57.9 Å².